The molecule has 2 fully saturated rings. The molecule has 5 nitrogen and oxygen atoms in total. The fourth-order valence-electron chi connectivity index (χ4n) is 2.56. The third-order valence-corrected chi connectivity index (χ3v) is 3.91. The number of amides is 1. The summed E-state index contributed by atoms with van der Waals surface area (Å²) in [6.07, 6.45) is 6.68. The van der Waals surface area contributed by atoms with Crippen LogP contribution in [-0.2, 0) is 4.79 Å². The average molecular weight is 297 g/mol. The Morgan fingerprint density at radius 2 is 2.24 bits per heavy atom. The van der Waals surface area contributed by atoms with Crippen molar-refractivity contribution in [2.24, 2.45) is 5.92 Å². The summed E-state index contributed by atoms with van der Waals surface area (Å²) >= 11 is 3.29. The van der Waals surface area contributed by atoms with Gasteiger partial charge in [0.2, 0.25) is 12.4 Å². The lowest BCUT2D eigenvalue weighted by atomic mass is 10.2. The number of fused-ring (bicyclic) bond motifs is 1. The van der Waals surface area contributed by atoms with Crippen molar-refractivity contribution >= 4 is 28.3 Å². The molecule has 3 atom stereocenters. The molecule has 1 saturated carbocycles. The Kier molecular flexibility index (Phi) is 2.74. The van der Waals surface area contributed by atoms with Gasteiger partial charge in [0.05, 0.1) is 4.47 Å². The number of carbonyl (C=O) groups is 1. The van der Waals surface area contributed by atoms with E-state index < -0.39 is 0 Å². The molecule has 1 aliphatic carbocycles. The zero-order chi connectivity index (χ0) is 11.8. The molecule has 1 N–H and O–H groups in total. The van der Waals surface area contributed by atoms with Crippen molar-refractivity contribution in [3.05, 3.63) is 16.9 Å². The second-order valence-corrected chi connectivity index (χ2v) is 5.53. The number of halogens is 1. The van der Waals surface area contributed by atoms with Gasteiger partial charge in [-0.05, 0) is 34.7 Å². The second-order valence-electron chi connectivity index (χ2n) is 4.61. The van der Waals surface area contributed by atoms with Gasteiger partial charge in [-0.3, -0.25) is 4.79 Å². The predicted molar refractivity (Wildman–Crippen MR) is 66.4 cm³/mol. The van der Waals surface area contributed by atoms with Gasteiger partial charge in [-0.2, -0.15) is 0 Å². The number of nitrogens with one attached hydrogen (secondary N) is 1. The van der Waals surface area contributed by atoms with E-state index in [9.17, 15) is 4.79 Å². The molecule has 0 aromatic carbocycles. The van der Waals surface area contributed by atoms with Crippen LogP contribution in [0.5, 0.6) is 0 Å². The van der Waals surface area contributed by atoms with Gasteiger partial charge in [-0.1, -0.05) is 0 Å². The first-order chi connectivity index (χ1) is 8.28. The number of hydrogen-bond donors (Lipinski definition) is 1. The van der Waals surface area contributed by atoms with Crippen LogP contribution in [0.4, 0.5) is 5.95 Å². The van der Waals surface area contributed by atoms with E-state index >= 15 is 0 Å². The highest BCUT2D eigenvalue weighted by Gasteiger charge is 2.51. The summed E-state index contributed by atoms with van der Waals surface area (Å²) in [7, 11) is 0. The lowest BCUT2D eigenvalue weighted by Crippen LogP contribution is -2.36. The van der Waals surface area contributed by atoms with Gasteiger partial charge in [0.15, 0.2) is 0 Å². The van der Waals surface area contributed by atoms with Crippen LogP contribution in [0.1, 0.15) is 12.8 Å². The highest BCUT2D eigenvalue weighted by atomic mass is 79.9. The van der Waals surface area contributed by atoms with Crippen molar-refractivity contribution < 1.29 is 4.79 Å². The van der Waals surface area contributed by atoms with Crippen molar-refractivity contribution in [3.8, 4) is 0 Å². The minimum atomic E-state index is 0.295. The van der Waals surface area contributed by atoms with Crippen LogP contribution in [0.3, 0.4) is 0 Å². The van der Waals surface area contributed by atoms with Crippen LogP contribution in [0, 0.1) is 5.92 Å². The third-order valence-electron chi connectivity index (χ3n) is 3.50. The normalized spacial score (nSPS) is 29.9. The summed E-state index contributed by atoms with van der Waals surface area (Å²) in [6, 6.07) is 0.800. The van der Waals surface area contributed by atoms with Gasteiger partial charge < -0.3 is 10.2 Å². The molecular weight excluding hydrogens is 284 g/mol. The van der Waals surface area contributed by atoms with Crippen LogP contribution >= 0.6 is 15.9 Å². The Balaban J connectivity index is 1.57. The summed E-state index contributed by atoms with van der Waals surface area (Å²) in [5, 5.41) is 3.18. The summed E-state index contributed by atoms with van der Waals surface area (Å²) in [5.74, 6) is 1.34. The van der Waals surface area contributed by atoms with Gasteiger partial charge in [-0.15, -0.1) is 0 Å². The maximum Gasteiger partial charge on any atom is 0.222 e. The average Bonchev–Trinajstić information content (AvgIpc) is 3.01. The number of piperidine rings is 1. The lowest BCUT2D eigenvalue weighted by molar-refractivity contribution is -0.119. The first-order valence-electron chi connectivity index (χ1n) is 5.72. The molecule has 1 aromatic rings. The molecule has 1 aliphatic heterocycles. The molecule has 6 heteroatoms. The van der Waals surface area contributed by atoms with Crippen molar-refractivity contribution in [2.45, 2.75) is 24.9 Å². The minimum absolute atomic E-state index is 0.295. The van der Waals surface area contributed by atoms with Gasteiger partial charge in [0.25, 0.3) is 0 Å². The van der Waals surface area contributed by atoms with Gasteiger partial charge >= 0.3 is 0 Å². The van der Waals surface area contributed by atoms with Crippen LogP contribution in [0.25, 0.3) is 0 Å². The minimum Gasteiger partial charge on any atom is -0.352 e. The monoisotopic (exact) mass is 296 g/mol. The Morgan fingerprint density at radius 1 is 1.47 bits per heavy atom. The number of anilines is 1. The van der Waals surface area contributed by atoms with E-state index in [-0.39, 0.29) is 0 Å². The summed E-state index contributed by atoms with van der Waals surface area (Å²) < 4.78 is 0.861. The Hall–Kier alpha value is -1.17. The molecule has 0 spiro atoms. The van der Waals surface area contributed by atoms with E-state index in [1.807, 2.05) is 4.90 Å². The number of nitrogens with zero attached hydrogens (tertiary/aromatic N) is 3. The SMILES string of the molecule is O=CN1[C@H](CNc2ncc(Br)cn2)C[C@@H]2C[C@@H]21. The molecule has 0 radical (unpaired) electrons. The van der Waals surface area contributed by atoms with Crippen molar-refractivity contribution in [1.82, 2.24) is 14.9 Å². The maximum absolute atomic E-state index is 11.0. The van der Waals surface area contributed by atoms with Gasteiger partial charge in [-0.25, -0.2) is 9.97 Å². The van der Waals surface area contributed by atoms with E-state index in [1.165, 1.54) is 6.42 Å². The van der Waals surface area contributed by atoms with Gasteiger partial charge in [0.1, 0.15) is 0 Å². The Labute approximate surface area is 108 Å². The molecule has 2 aliphatic rings. The van der Waals surface area contributed by atoms with Crippen LogP contribution in [0.2, 0.25) is 0 Å². The molecule has 0 unspecified atom stereocenters. The van der Waals surface area contributed by atoms with Crippen LogP contribution in [0.15, 0.2) is 16.9 Å². The first kappa shape index (κ1) is 11.0. The topological polar surface area (TPSA) is 58.1 Å². The van der Waals surface area contributed by atoms with Crippen molar-refractivity contribution in [1.29, 1.82) is 0 Å². The molecule has 1 aromatic heterocycles. The molecule has 3 rings (SSSR count). The fourth-order valence-corrected chi connectivity index (χ4v) is 2.76. The molecule has 2 heterocycles. The largest absolute Gasteiger partial charge is 0.352 e. The summed E-state index contributed by atoms with van der Waals surface area (Å²) in [5.41, 5.74) is 0. The molecule has 1 amide bonds. The molecular formula is C11H13BrN4O. The number of hydrogen-bond acceptors (Lipinski definition) is 4. The van der Waals surface area contributed by atoms with Gasteiger partial charge in [0, 0.05) is 31.0 Å². The molecule has 1 saturated heterocycles. The first-order valence-corrected chi connectivity index (χ1v) is 6.51. The van der Waals surface area contributed by atoms with E-state index in [0.29, 0.717) is 18.0 Å². The smallest absolute Gasteiger partial charge is 0.222 e. The second kappa shape index (κ2) is 4.25. The molecule has 17 heavy (non-hydrogen) atoms. The van der Waals surface area contributed by atoms with Crippen molar-refractivity contribution in [2.75, 3.05) is 11.9 Å². The van der Waals surface area contributed by atoms with E-state index in [1.54, 1.807) is 12.4 Å². The Bertz CT molecular complexity index is 424. The highest BCUT2D eigenvalue weighted by molar-refractivity contribution is 9.10. The summed E-state index contributed by atoms with van der Waals surface area (Å²) in [6.45, 7) is 0.730. The highest BCUT2D eigenvalue weighted by Crippen LogP contribution is 2.46. The zero-order valence-corrected chi connectivity index (χ0v) is 10.8. The fraction of sp³-hybridized carbons (Fsp3) is 0.545. The molecule has 0 bridgehead atoms. The maximum atomic E-state index is 11.0. The number of aromatic nitrogens is 2. The number of carbonyl (C=O) groups excluding carboxylic acids is 1. The Morgan fingerprint density at radius 3 is 2.94 bits per heavy atom. The summed E-state index contributed by atoms with van der Waals surface area (Å²) in [4.78, 5) is 21.2. The lowest BCUT2D eigenvalue weighted by Gasteiger charge is -2.23. The number of rotatable bonds is 4. The molecule has 90 valence electrons. The van der Waals surface area contributed by atoms with E-state index in [4.69, 9.17) is 0 Å². The third kappa shape index (κ3) is 2.13. The zero-order valence-electron chi connectivity index (χ0n) is 9.21. The predicted octanol–water partition coefficient (Wildman–Crippen LogP) is 1.27. The van der Waals surface area contributed by atoms with E-state index in [2.05, 4.69) is 31.2 Å². The van der Waals surface area contributed by atoms with Crippen LogP contribution < -0.4 is 5.32 Å². The van der Waals surface area contributed by atoms with E-state index in [0.717, 1.165) is 29.8 Å². The number of likely N-dealkylation sites (tertiary alicyclic amines) is 1. The van der Waals surface area contributed by atoms with Crippen molar-refractivity contribution in [3.63, 3.8) is 0 Å². The van der Waals surface area contributed by atoms with Crippen LogP contribution in [-0.4, -0.2) is 39.9 Å². The standard InChI is InChI=1S/C11H13BrN4O/c12-8-3-13-11(14-4-8)15-5-9-1-7-2-10(7)16(9)6-17/h3-4,6-7,9-10H,1-2,5H2,(H,13,14,15)/t7-,9+,10+/m1/s1. The quantitative estimate of drug-likeness (QED) is 0.850.